The van der Waals surface area contributed by atoms with E-state index >= 15 is 0 Å². The van der Waals surface area contributed by atoms with Crippen molar-refractivity contribution in [3.63, 3.8) is 0 Å². The minimum atomic E-state index is -0.421. The number of aryl methyl sites for hydroxylation is 2. The number of rotatable bonds is 10. The minimum Gasteiger partial charge on any atom is -0.493 e. The van der Waals surface area contributed by atoms with E-state index in [0.717, 1.165) is 18.4 Å². The molecule has 0 spiro atoms. The molecule has 2 aromatic rings. The number of para-hydroxylation sites is 1. The van der Waals surface area contributed by atoms with Crippen molar-refractivity contribution in [2.45, 2.75) is 32.6 Å². The minimum absolute atomic E-state index is 0.159. The number of methoxy groups -OCH3 is 2. The van der Waals surface area contributed by atoms with Gasteiger partial charge in [-0.05, 0) is 30.0 Å². The van der Waals surface area contributed by atoms with E-state index in [9.17, 15) is 9.59 Å². The molecule has 0 radical (unpaired) electrons. The van der Waals surface area contributed by atoms with Crippen LogP contribution in [0.2, 0.25) is 0 Å². The Labute approximate surface area is 160 Å². The van der Waals surface area contributed by atoms with Gasteiger partial charge in [0.2, 0.25) is 0 Å². The molecule has 5 heteroatoms. The summed E-state index contributed by atoms with van der Waals surface area (Å²) in [6.07, 6.45) is 2.64. The molecular weight excluding hydrogens is 344 g/mol. The van der Waals surface area contributed by atoms with Crippen LogP contribution < -0.4 is 9.47 Å². The molecule has 144 valence electrons. The second kappa shape index (κ2) is 10.4. The lowest BCUT2D eigenvalue weighted by Crippen LogP contribution is -2.14. The number of carbonyl (C=O) groups is 2. The van der Waals surface area contributed by atoms with E-state index in [1.54, 1.807) is 32.4 Å². The third kappa shape index (κ3) is 5.84. The van der Waals surface area contributed by atoms with Crippen LogP contribution in [-0.2, 0) is 22.4 Å². The molecule has 0 unspecified atom stereocenters. The highest BCUT2D eigenvalue weighted by atomic mass is 16.5. The Morgan fingerprint density at radius 3 is 2.30 bits per heavy atom. The lowest BCUT2D eigenvalue weighted by Gasteiger charge is -2.12. The van der Waals surface area contributed by atoms with Crippen molar-refractivity contribution in [3.8, 4) is 11.5 Å². The Morgan fingerprint density at radius 2 is 1.67 bits per heavy atom. The molecule has 0 aliphatic heterocycles. The maximum absolute atomic E-state index is 12.2. The lowest BCUT2D eigenvalue weighted by molar-refractivity contribution is -0.142. The van der Waals surface area contributed by atoms with E-state index in [0.29, 0.717) is 23.5 Å². The van der Waals surface area contributed by atoms with Gasteiger partial charge in [-0.1, -0.05) is 49.7 Å². The molecule has 2 aromatic carbocycles. The van der Waals surface area contributed by atoms with Crippen LogP contribution in [0.1, 0.15) is 41.3 Å². The SMILES string of the molecule is CCCc1ccc(C(=O)COC(=O)CCc2cccc(OC)c2OC)cc1. The average Bonchev–Trinajstić information content (AvgIpc) is 2.70. The van der Waals surface area contributed by atoms with Crippen LogP contribution in [0.5, 0.6) is 11.5 Å². The van der Waals surface area contributed by atoms with Gasteiger partial charge in [-0.25, -0.2) is 0 Å². The molecule has 0 amide bonds. The summed E-state index contributed by atoms with van der Waals surface area (Å²) in [6, 6.07) is 12.9. The van der Waals surface area contributed by atoms with Crippen molar-refractivity contribution < 1.29 is 23.8 Å². The van der Waals surface area contributed by atoms with Gasteiger partial charge >= 0.3 is 5.97 Å². The Morgan fingerprint density at radius 1 is 0.926 bits per heavy atom. The van der Waals surface area contributed by atoms with Gasteiger partial charge in [0.25, 0.3) is 0 Å². The lowest BCUT2D eigenvalue weighted by atomic mass is 10.1. The van der Waals surface area contributed by atoms with Gasteiger partial charge in [0.05, 0.1) is 14.2 Å². The number of benzene rings is 2. The Kier molecular flexibility index (Phi) is 7.86. The monoisotopic (exact) mass is 370 g/mol. The van der Waals surface area contributed by atoms with Crippen LogP contribution in [-0.4, -0.2) is 32.6 Å². The number of esters is 1. The second-order valence-electron chi connectivity index (χ2n) is 6.18. The van der Waals surface area contributed by atoms with Crippen molar-refractivity contribution in [2.75, 3.05) is 20.8 Å². The zero-order valence-corrected chi connectivity index (χ0v) is 16.1. The molecule has 2 rings (SSSR count). The third-order valence-corrected chi connectivity index (χ3v) is 4.26. The molecule has 27 heavy (non-hydrogen) atoms. The van der Waals surface area contributed by atoms with E-state index in [2.05, 4.69) is 6.92 Å². The molecular formula is C22H26O5. The number of ketones is 1. The molecule has 0 N–H and O–H groups in total. The van der Waals surface area contributed by atoms with Crippen LogP contribution in [0.3, 0.4) is 0 Å². The van der Waals surface area contributed by atoms with Gasteiger partial charge in [-0.15, -0.1) is 0 Å². The largest absolute Gasteiger partial charge is 0.493 e. The first kappa shape index (κ1) is 20.5. The highest BCUT2D eigenvalue weighted by Gasteiger charge is 2.13. The second-order valence-corrected chi connectivity index (χ2v) is 6.18. The number of hydrogen-bond donors (Lipinski definition) is 0. The van der Waals surface area contributed by atoms with E-state index in [4.69, 9.17) is 14.2 Å². The van der Waals surface area contributed by atoms with Gasteiger partial charge < -0.3 is 14.2 Å². The van der Waals surface area contributed by atoms with Crippen molar-refractivity contribution in [2.24, 2.45) is 0 Å². The molecule has 0 atom stereocenters. The van der Waals surface area contributed by atoms with Gasteiger partial charge in [-0.2, -0.15) is 0 Å². The fourth-order valence-electron chi connectivity index (χ4n) is 2.83. The number of carbonyl (C=O) groups excluding carboxylic acids is 2. The molecule has 5 nitrogen and oxygen atoms in total. The maximum Gasteiger partial charge on any atom is 0.306 e. The fourth-order valence-corrected chi connectivity index (χ4v) is 2.83. The van der Waals surface area contributed by atoms with Crippen molar-refractivity contribution >= 4 is 11.8 Å². The topological polar surface area (TPSA) is 61.8 Å². The van der Waals surface area contributed by atoms with Crippen LogP contribution in [0.4, 0.5) is 0 Å². The summed E-state index contributed by atoms with van der Waals surface area (Å²) < 4.78 is 15.7. The number of hydrogen-bond acceptors (Lipinski definition) is 5. The van der Waals surface area contributed by atoms with E-state index < -0.39 is 5.97 Å². The highest BCUT2D eigenvalue weighted by Crippen LogP contribution is 2.31. The van der Waals surface area contributed by atoms with Crippen LogP contribution in [0.15, 0.2) is 42.5 Å². The van der Waals surface area contributed by atoms with Gasteiger partial charge in [0.1, 0.15) is 0 Å². The Bertz CT molecular complexity index is 765. The summed E-state index contributed by atoms with van der Waals surface area (Å²) in [6.45, 7) is 1.86. The van der Waals surface area contributed by atoms with E-state index in [1.165, 1.54) is 5.56 Å². The van der Waals surface area contributed by atoms with Gasteiger partial charge in [0, 0.05) is 12.0 Å². The first-order valence-electron chi connectivity index (χ1n) is 9.06. The Balaban J connectivity index is 1.85. The first-order chi connectivity index (χ1) is 13.1. The maximum atomic E-state index is 12.2. The molecule has 0 saturated heterocycles. The number of Topliss-reactive ketones (excluding diaryl/α,β-unsaturated/α-hetero) is 1. The van der Waals surface area contributed by atoms with Gasteiger partial charge in [-0.3, -0.25) is 9.59 Å². The molecule has 0 aromatic heterocycles. The molecule has 0 heterocycles. The molecule has 0 fully saturated rings. The third-order valence-electron chi connectivity index (χ3n) is 4.26. The molecule has 0 aliphatic rings. The quantitative estimate of drug-likeness (QED) is 0.467. The average molecular weight is 370 g/mol. The summed E-state index contributed by atoms with van der Waals surface area (Å²) in [7, 11) is 3.13. The summed E-state index contributed by atoms with van der Waals surface area (Å²) in [5.74, 6) is 0.599. The summed E-state index contributed by atoms with van der Waals surface area (Å²) in [4.78, 5) is 24.2. The number of ether oxygens (including phenoxy) is 3. The molecule has 0 bridgehead atoms. The summed E-state index contributed by atoms with van der Waals surface area (Å²) >= 11 is 0. The van der Waals surface area contributed by atoms with E-state index in [1.807, 2.05) is 24.3 Å². The van der Waals surface area contributed by atoms with Crippen molar-refractivity contribution in [3.05, 3.63) is 59.2 Å². The standard InChI is InChI=1S/C22H26O5/c1-4-6-16-9-11-17(12-10-16)19(23)15-27-21(24)14-13-18-7-5-8-20(25-2)22(18)26-3/h5,7-12H,4,6,13-15H2,1-3H3. The smallest absolute Gasteiger partial charge is 0.306 e. The first-order valence-corrected chi connectivity index (χ1v) is 9.06. The van der Waals surface area contributed by atoms with E-state index in [-0.39, 0.29) is 18.8 Å². The molecule has 0 saturated carbocycles. The van der Waals surface area contributed by atoms with Crippen molar-refractivity contribution in [1.29, 1.82) is 0 Å². The predicted molar refractivity (Wildman–Crippen MR) is 104 cm³/mol. The van der Waals surface area contributed by atoms with Crippen LogP contribution in [0.25, 0.3) is 0 Å². The predicted octanol–water partition coefficient (Wildman–Crippen LogP) is 4.02. The van der Waals surface area contributed by atoms with Gasteiger partial charge in [0.15, 0.2) is 23.9 Å². The highest BCUT2D eigenvalue weighted by molar-refractivity contribution is 5.97. The normalized spacial score (nSPS) is 10.3. The Hall–Kier alpha value is -2.82. The molecule has 0 aliphatic carbocycles. The van der Waals surface area contributed by atoms with Crippen LogP contribution >= 0.6 is 0 Å². The summed E-state index contributed by atoms with van der Waals surface area (Å²) in [5, 5.41) is 0. The summed E-state index contributed by atoms with van der Waals surface area (Å²) in [5.41, 5.74) is 2.60. The van der Waals surface area contributed by atoms with Crippen LogP contribution in [0, 0.1) is 0 Å². The zero-order chi connectivity index (χ0) is 19.6. The zero-order valence-electron chi connectivity index (χ0n) is 16.1. The fraction of sp³-hybridized carbons (Fsp3) is 0.364. The van der Waals surface area contributed by atoms with Crippen molar-refractivity contribution in [1.82, 2.24) is 0 Å².